The molecule has 0 aliphatic carbocycles. The van der Waals surface area contributed by atoms with Crippen molar-refractivity contribution >= 4 is 11.9 Å². The van der Waals surface area contributed by atoms with Gasteiger partial charge in [-0.15, -0.1) is 0 Å². The fraction of sp³-hybridized carbons (Fsp3) is 0.895. The van der Waals surface area contributed by atoms with Gasteiger partial charge in [-0.25, -0.2) is 0 Å². The van der Waals surface area contributed by atoms with Crippen molar-refractivity contribution in [3.8, 4) is 0 Å². The first-order chi connectivity index (χ1) is 12.5. The summed E-state index contributed by atoms with van der Waals surface area (Å²) in [5.74, 6) is 1.42. The highest BCUT2D eigenvalue weighted by Gasteiger charge is 2.26. The number of guanidine groups is 1. The smallest absolute Gasteiger partial charge is 0.227 e. The number of carbonyl (C=O) groups excluding carboxylic acids is 1. The molecule has 1 fully saturated rings. The van der Waals surface area contributed by atoms with Crippen molar-refractivity contribution in [3.63, 3.8) is 0 Å². The average molecular weight is 371 g/mol. The molecular formula is C19H38N4O3. The van der Waals surface area contributed by atoms with Crippen molar-refractivity contribution in [2.45, 2.75) is 47.0 Å². The Morgan fingerprint density at radius 1 is 1.15 bits per heavy atom. The van der Waals surface area contributed by atoms with Crippen LogP contribution in [0.15, 0.2) is 4.99 Å². The van der Waals surface area contributed by atoms with Gasteiger partial charge in [0.15, 0.2) is 5.96 Å². The molecule has 0 saturated carbocycles. The Kier molecular flexibility index (Phi) is 11.3. The maximum Gasteiger partial charge on any atom is 0.227 e. The van der Waals surface area contributed by atoms with Crippen LogP contribution in [0.1, 0.15) is 47.0 Å². The largest absolute Gasteiger partial charge is 0.381 e. The third-order valence-corrected chi connectivity index (χ3v) is 4.38. The van der Waals surface area contributed by atoms with Gasteiger partial charge in [0, 0.05) is 46.1 Å². The Balaban J connectivity index is 2.25. The predicted molar refractivity (Wildman–Crippen MR) is 105 cm³/mol. The van der Waals surface area contributed by atoms with Gasteiger partial charge in [0.25, 0.3) is 0 Å². The second-order valence-corrected chi connectivity index (χ2v) is 7.35. The van der Waals surface area contributed by atoms with E-state index in [9.17, 15) is 4.79 Å². The predicted octanol–water partition coefficient (Wildman–Crippen LogP) is 1.54. The van der Waals surface area contributed by atoms with Crippen LogP contribution in [0.5, 0.6) is 0 Å². The van der Waals surface area contributed by atoms with Gasteiger partial charge in [-0.3, -0.25) is 9.79 Å². The first kappa shape index (κ1) is 22.7. The van der Waals surface area contributed by atoms with Crippen LogP contribution in [0.3, 0.4) is 0 Å². The number of nitrogens with one attached hydrogen (secondary N) is 3. The van der Waals surface area contributed by atoms with E-state index in [-0.39, 0.29) is 5.91 Å². The van der Waals surface area contributed by atoms with Crippen LogP contribution in [-0.2, 0) is 14.3 Å². The lowest BCUT2D eigenvalue weighted by Gasteiger charge is -2.22. The minimum atomic E-state index is -0.523. The maximum absolute atomic E-state index is 12.1. The van der Waals surface area contributed by atoms with Crippen LogP contribution in [0.25, 0.3) is 0 Å². The van der Waals surface area contributed by atoms with E-state index >= 15 is 0 Å². The summed E-state index contributed by atoms with van der Waals surface area (Å²) in [6.45, 7) is 13.7. The van der Waals surface area contributed by atoms with Crippen LogP contribution >= 0.6 is 0 Å². The molecule has 0 unspecified atom stereocenters. The van der Waals surface area contributed by atoms with E-state index in [1.54, 1.807) is 0 Å². The molecule has 0 atom stereocenters. The normalized spacial score (nSPS) is 16.4. The Morgan fingerprint density at radius 2 is 1.85 bits per heavy atom. The molecule has 0 spiro atoms. The van der Waals surface area contributed by atoms with E-state index in [1.165, 1.54) is 0 Å². The SMILES string of the molecule is CCNC(=O)C(C)(C)CN=C(NCC)NCCCOCC1CCOCC1. The summed E-state index contributed by atoms with van der Waals surface area (Å²) in [4.78, 5) is 16.6. The molecule has 1 amide bonds. The summed E-state index contributed by atoms with van der Waals surface area (Å²) in [5.41, 5.74) is -0.523. The number of hydrogen-bond acceptors (Lipinski definition) is 4. The molecule has 1 aliphatic rings. The van der Waals surface area contributed by atoms with Gasteiger partial charge in [-0.1, -0.05) is 0 Å². The van der Waals surface area contributed by atoms with Crippen LogP contribution in [0, 0.1) is 11.3 Å². The molecule has 0 aromatic carbocycles. The van der Waals surface area contributed by atoms with Gasteiger partial charge in [-0.2, -0.15) is 0 Å². The topological polar surface area (TPSA) is 84.0 Å². The van der Waals surface area contributed by atoms with Crippen molar-refractivity contribution in [2.75, 3.05) is 52.6 Å². The average Bonchev–Trinajstić information content (AvgIpc) is 2.63. The van der Waals surface area contributed by atoms with Crippen molar-refractivity contribution in [1.82, 2.24) is 16.0 Å². The van der Waals surface area contributed by atoms with Crippen LogP contribution in [0.4, 0.5) is 0 Å². The summed E-state index contributed by atoms with van der Waals surface area (Å²) in [6.07, 6.45) is 3.14. The summed E-state index contributed by atoms with van der Waals surface area (Å²) in [5, 5.41) is 9.39. The Morgan fingerprint density at radius 3 is 2.50 bits per heavy atom. The molecule has 1 rings (SSSR count). The van der Waals surface area contributed by atoms with E-state index in [0.717, 1.165) is 64.7 Å². The number of carbonyl (C=O) groups is 1. The fourth-order valence-corrected chi connectivity index (χ4v) is 2.63. The van der Waals surface area contributed by atoms with Crippen molar-refractivity contribution in [1.29, 1.82) is 0 Å². The standard InChI is InChI=1S/C19H38N4O3/c1-5-20-17(24)19(3,4)15-23-18(21-6-2)22-10-7-11-26-14-16-8-12-25-13-9-16/h16H,5-15H2,1-4H3,(H,20,24)(H2,21,22,23). The minimum Gasteiger partial charge on any atom is -0.381 e. The number of aliphatic imine (C=N–C) groups is 1. The maximum atomic E-state index is 12.1. The Labute approximate surface area is 158 Å². The molecule has 26 heavy (non-hydrogen) atoms. The van der Waals surface area contributed by atoms with Crippen LogP contribution in [-0.4, -0.2) is 64.5 Å². The Hall–Kier alpha value is -1.34. The van der Waals surface area contributed by atoms with E-state index in [0.29, 0.717) is 19.0 Å². The zero-order valence-corrected chi connectivity index (χ0v) is 17.0. The third kappa shape index (κ3) is 9.38. The van der Waals surface area contributed by atoms with Crippen molar-refractivity contribution in [2.24, 2.45) is 16.3 Å². The zero-order chi connectivity index (χ0) is 19.3. The van der Waals surface area contributed by atoms with E-state index in [2.05, 4.69) is 20.9 Å². The first-order valence-corrected chi connectivity index (χ1v) is 9.95. The monoisotopic (exact) mass is 370 g/mol. The van der Waals surface area contributed by atoms with Gasteiger partial charge in [0.2, 0.25) is 5.91 Å². The quantitative estimate of drug-likeness (QED) is 0.292. The summed E-state index contributed by atoms with van der Waals surface area (Å²) < 4.78 is 11.1. The van der Waals surface area contributed by atoms with E-state index < -0.39 is 5.41 Å². The van der Waals surface area contributed by atoms with Crippen molar-refractivity contribution in [3.05, 3.63) is 0 Å². The van der Waals surface area contributed by atoms with Gasteiger partial charge in [0.05, 0.1) is 12.0 Å². The zero-order valence-electron chi connectivity index (χ0n) is 17.0. The molecule has 0 radical (unpaired) electrons. The molecule has 1 aliphatic heterocycles. The molecule has 152 valence electrons. The molecule has 3 N–H and O–H groups in total. The first-order valence-electron chi connectivity index (χ1n) is 9.95. The summed E-state index contributed by atoms with van der Waals surface area (Å²) >= 11 is 0. The number of ether oxygens (including phenoxy) is 2. The highest BCUT2D eigenvalue weighted by Crippen LogP contribution is 2.15. The lowest BCUT2D eigenvalue weighted by molar-refractivity contribution is -0.128. The van der Waals surface area contributed by atoms with E-state index in [4.69, 9.17) is 9.47 Å². The van der Waals surface area contributed by atoms with Crippen LogP contribution in [0.2, 0.25) is 0 Å². The number of nitrogens with zero attached hydrogens (tertiary/aromatic N) is 1. The van der Waals surface area contributed by atoms with Gasteiger partial charge < -0.3 is 25.4 Å². The molecule has 0 aromatic heterocycles. The van der Waals surface area contributed by atoms with Crippen molar-refractivity contribution < 1.29 is 14.3 Å². The van der Waals surface area contributed by atoms with Gasteiger partial charge >= 0.3 is 0 Å². The third-order valence-electron chi connectivity index (χ3n) is 4.38. The second kappa shape index (κ2) is 12.9. The van der Waals surface area contributed by atoms with Gasteiger partial charge in [-0.05, 0) is 52.9 Å². The second-order valence-electron chi connectivity index (χ2n) is 7.35. The molecule has 7 nitrogen and oxygen atoms in total. The lowest BCUT2D eigenvalue weighted by Crippen LogP contribution is -2.42. The van der Waals surface area contributed by atoms with E-state index in [1.807, 2.05) is 27.7 Å². The number of hydrogen-bond donors (Lipinski definition) is 3. The van der Waals surface area contributed by atoms with Gasteiger partial charge in [0.1, 0.15) is 0 Å². The molecule has 0 aromatic rings. The van der Waals surface area contributed by atoms with Crippen LogP contribution < -0.4 is 16.0 Å². The number of amides is 1. The summed E-state index contributed by atoms with van der Waals surface area (Å²) in [7, 11) is 0. The number of rotatable bonds is 11. The molecular weight excluding hydrogens is 332 g/mol. The minimum absolute atomic E-state index is 0.0288. The molecule has 0 bridgehead atoms. The fourth-order valence-electron chi connectivity index (χ4n) is 2.63. The Bertz CT molecular complexity index is 421. The highest BCUT2D eigenvalue weighted by molar-refractivity contribution is 5.83. The molecule has 1 saturated heterocycles. The molecule has 1 heterocycles. The summed E-state index contributed by atoms with van der Waals surface area (Å²) in [6, 6.07) is 0. The lowest BCUT2D eigenvalue weighted by atomic mass is 9.92. The highest BCUT2D eigenvalue weighted by atomic mass is 16.5. The molecule has 7 heteroatoms.